The molecule has 4 aliphatic rings. The summed E-state index contributed by atoms with van der Waals surface area (Å²) in [7, 11) is 0. The third-order valence-corrected chi connectivity index (χ3v) is 14.5. The summed E-state index contributed by atoms with van der Waals surface area (Å²) < 4.78 is 6.10. The minimum Gasteiger partial charge on any atom is -0.462 e. The molecule has 0 bridgehead atoms. The van der Waals surface area contributed by atoms with Crippen LogP contribution in [-0.2, 0) is 9.53 Å². The van der Waals surface area contributed by atoms with Crippen LogP contribution < -0.4 is 0 Å². The average Bonchev–Trinajstić information content (AvgIpc) is 3.45. The maximum Gasteiger partial charge on any atom is 0.306 e. The van der Waals surface area contributed by atoms with Gasteiger partial charge in [0.05, 0.1) is 0 Å². The summed E-state index contributed by atoms with van der Waals surface area (Å²) in [6.45, 7) is 17.4. The zero-order chi connectivity index (χ0) is 36.0. The lowest BCUT2D eigenvalue weighted by Gasteiger charge is -2.58. The van der Waals surface area contributed by atoms with E-state index in [9.17, 15) is 4.79 Å². The van der Waals surface area contributed by atoms with Crippen LogP contribution >= 0.6 is 0 Å². The van der Waals surface area contributed by atoms with Crippen molar-refractivity contribution in [3.05, 3.63) is 60.3 Å². The van der Waals surface area contributed by atoms with E-state index < -0.39 is 0 Å². The molecule has 0 heterocycles. The van der Waals surface area contributed by atoms with Crippen LogP contribution in [0, 0.1) is 52.3 Å². The SMILES string of the molecule is CCCCCC=CCC=CCC=CCC=CCCCC(=O)OC1CC[C@@]2(C)C(=CC[C@H]3[C@@H]4CC[C@H]([C@H](C)CC[C@H](C)C(C)C)[C@@]4(C)CC[C@@H]32)C1. The third-order valence-electron chi connectivity index (χ3n) is 14.5. The maximum atomic E-state index is 12.8. The Bertz CT molecular complexity index is 1170. The van der Waals surface area contributed by atoms with Crippen molar-refractivity contribution in [1.29, 1.82) is 0 Å². The van der Waals surface area contributed by atoms with E-state index in [1.165, 1.54) is 77.0 Å². The van der Waals surface area contributed by atoms with E-state index in [0.717, 1.165) is 86.4 Å². The Hall–Kier alpha value is -1.83. The molecule has 4 aliphatic carbocycles. The number of unbranched alkanes of at least 4 members (excludes halogenated alkanes) is 4. The average molecular weight is 687 g/mol. The minimum atomic E-state index is 0.00566. The third kappa shape index (κ3) is 11.1. The van der Waals surface area contributed by atoms with Crippen LogP contribution in [0.4, 0.5) is 0 Å². The number of hydrogen-bond donors (Lipinski definition) is 0. The molecule has 0 N–H and O–H groups in total. The lowest BCUT2D eigenvalue weighted by atomic mass is 9.47. The first-order valence-electron chi connectivity index (χ1n) is 21.6. The van der Waals surface area contributed by atoms with Crippen molar-refractivity contribution in [2.45, 2.75) is 183 Å². The number of allylic oxidation sites excluding steroid dienone is 9. The fourth-order valence-corrected chi connectivity index (χ4v) is 10.9. The van der Waals surface area contributed by atoms with Gasteiger partial charge in [-0.15, -0.1) is 0 Å². The van der Waals surface area contributed by atoms with Crippen LogP contribution in [0.1, 0.15) is 177 Å². The molecule has 0 aromatic heterocycles. The summed E-state index contributed by atoms with van der Waals surface area (Å²) >= 11 is 0. The first kappa shape index (κ1) is 40.9. The van der Waals surface area contributed by atoms with Crippen molar-refractivity contribution < 1.29 is 9.53 Å². The summed E-state index contributed by atoms with van der Waals surface area (Å²) in [5, 5.41) is 0. The summed E-state index contributed by atoms with van der Waals surface area (Å²) in [6.07, 6.45) is 44.3. The van der Waals surface area contributed by atoms with Crippen molar-refractivity contribution in [3.63, 3.8) is 0 Å². The summed E-state index contributed by atoms with van der Waals surface area (Å²) in [5.41, 5.74) is 2.46. The Morgan fingerprint density at radius 2 is 1.46 bits per heavy atom. The quantitative estimate of drug-likeness (QED) is 0.0724. The predicted octanol–water partition coefficient (Wildman–Crippen LogP) is 14.3. The summed E-state index contributed by atoms with van der Waals surface area (Å²) in [4.78, 5) is 12.8. The first-order chi connectivity index (χ1) is 24.1. The van der Waals surface area contributed by atoms with E-state index in [1.807, 2.05) is 0 Å². The van der Waals surface area contributed by atoms with Crippen molar-refractivity contribution in [3.8, 4) is 0 Å². The maximum absolute atomic E-state index is 12.8. The molecule has 3 saturated carbocycles. The molecule has 1 unspecified atom stereocenters. The first-order valence-corrected chi connectivity index (χ1v) is 21.6. The van der Waals surface area contributed by atoms with Gasteiger partial charge in [-0.3, -0.25) is 4.79 Å². The predicted molar refractivity (Wildman–Crippen MR) is 216 cm³/mol. The summed E-state index contributed by atoms with van der Waals surface area (Å²) in [5.74, 6) is 5.97. The fraction of sp³-hybridized carbons (Fsp3) is 0.771. The molecule has 282 valence electrons. The van der Waals surface area contributed by atoms with Gasteiger partial charge in [0, 0.05) is 12.8 Å². The number of rotatable bonds is 20. The zero-order valence-electron chi connectivity index (χ0n) is 33.8. The van der Waals surface area contributed by atoms with E-state index in [2.05, 4.69) is 103 Å². The van der Waals surface area contributed by atoms with Gasteiger partial charge in [0.2, 0.25) is 0 Å². The van der Waals surface area contributed by atoms with Gasteiger partial charge in [-0.25, -0.2) is 0 Å². The van der Waals surface area contributed by atoms with Gasteiger partial charge in [-0.2, -0.15) is 0 Å². The highest BCUT2D eigenvalue weighted by Gasteiger charge is 2.59. The normalized spacial score (nSPS) is 32.5. The zero-order valence-corrected chi connectivity index (χ0v) is 33.8. The standard InChI is InChI=1S/C48H78O2/c1-8-9-10-11-12-13-14-15-16-17-18-19-20-21-22-23-24-25-46(49)50-41-32-34-47(6)40(36-41)28-29-42-44-31-30-43(48(44,7)35-33-45(42)47)39(5)27-26-38(4)37(2)3/h12-13,15-16,18-19,21-22,28,37-39,41-45H,8-11,14,17,20,23-27,29-36H2,1-7H3/t38-,39+,41?,42-,43+,44-,45-,47-,48+/m0/s1. The van der Waals surface area contributed by atoms with Gasteiger partial charge < -0.3 is 4.74 Å². The lowest BCUT2D eigenvalue weighted by molar-refractivity contribution is -0.151. The molecule has 0 spiro atoms. The Morgan fingerprint density at radius 3 is 2.12 bits per heavy atom. The molecule has 0 aliphatic heterocycles. The summed E-state index contributed by atoms with van der Waals surface area (Å²) in [6, 6.07) is 0. The largest absolute Gasteiger partial charge is 0.462 e. The molecule has 4 rings (SSSR count). The van der Waals surface area contributed by atoms with E-state index in [-0.39, 0.29) is 12.1 Å². The fourth-order valence-electron chi connectivity index (χ4n) is 10.9. The van der Waals surface area contributed by atoms with Crippen LogP contribution in [0.25, 0.3) is 0 Å². The number of esters is 1. The second kappa shape index (κ2) is 20.4. The van der Waals surface area contributed by atoms with E-state index in [1.54, 1.807) is 5.57 Å². The van der Waals surface area contributed by atoms with Crippen molar-refractivity contribution in [1.82, 2.24) is 0 Å². The van der Waals surface area contributed by atoms with Crippen LogP contribution in [0.15, 0.2) is 60.3 Å². The Morgan fingerprint density at radius 1 is 0.800 bits per heavy atom. The van der Waals surface area contributed by atoms with E-state index in [4.69, 9.17) is 4.74 Å². The molecule has 0 aromatic carbocycles. The van der Waals surface area contributed by atoms with E-state index >= 15 is 0 Å². The molecule has 0 radical (unpaired) electrons. The number of ether oxygens (including phenoxy) is 1. The van der Waals surface area contributed by atoms with Crippen LogP contribution in [0.3, 0.4) is 0 Å². The Kier molecular flexibility index (Phi) is 16.7. The van der Waals surface area contributed by atoms with Crippen molar-refractivity contribution >= 4 is 5.97 Å². The molecule has 0 aromatic rings. The molecule has 2 heteroatoms. The van der Waals surface area contributed by atoms with Gasteiger partial charge in [0.1, 0.15) is 6.10 Å². The molecule has 2 nitrogen and oxygen atoms in total. The number of fused-ring (bicyclic) bond motifs is 5. The number of hydrogen-bond acceptors (Lipinski definition) is 2. The topological polar surface area (TPSA) is 26.3 Å². The lowest BCUT2D eigenvalue weighted by Crippen LogP contribution is -2.51. The van der Waals surface area contributed by atoms with Gasteiger partial charge in [0.15, 0.2) is 0 Å². The smallest absolute Gasteiger partial charge is 0.306 e. The molecule has 3 fully saturated rings. The molecule has 50 heavy (non-hydrogen) atoms. The Labute approximate surface area is 310 Å². The molecular weight excluding hydrogens is 609 g/mol. The highest BCUT2D eigenvalue weighted by Crippen LogP contribution is 2.67. The molecular formula is C48H78O2. The highest BCUT2D eigenvalue weighted by molar-refractivity contribution is 5.69. The van der Waals surface area contributed by atoms with Gasteiger partial charge in [0.25, 0.3) is 0 Å². The molecule has 0 saturated heterocycles. The van der Waals surface area contributed by atoms with Crippen molar-refractivity contribution in [2.24, 2.45) is 52.3 Å². The highest BCUT2D eigenvalue weighted by atomic mass is 16.5. The van der Waals surface area contributed by atoms with Crippen LogP contribution in [0.2, 0.25) is 0 Å². The Balaban J connectivity index is 1.14. The second-order valence-electron chi connectivity index (χ2n) is 18.1. The number of carbonyl (C=O) groups is 1. The van der Waals surface area contributed by atoms with Crippen LogP contribution in [-0.4, -0.2) is 12.1 Å². The molecule has 9 atom stereocenters. The van der Waals surface area contributed by atoms with Gasteiger partial charge in [-0.05, 0) is 142 Å². The number of carbonyl (C=O) groups excluding carboxylic acids is 1. The van der Waals surface area contributed by atoms with Gasteiger partial charge >= 0.3 is 5.97 Å². The van der Waals surface area contributed by atoms with Gasteiger partial charge in [-0.1, -0.05) is 134 Å². The molecule has 0 amide bonds. The second-order valence-corrected chi connectivity index (χ2v) is 18.1. The van der Waals surface area contributed by atoms with E-state index in [0.29, 0.717) is 17.3 Å². The van der Waals surface area contributed by atoms with Crippen molar-refractivity contribution in [2.75, 3.05) is 0 Å². The monoisotopic (exact) mass is 687 g/mol. The minimum absolute atomic E-state index is 0.00566. The van der Waals surface area contributed by atoms with Crippen LogP contribution in [0.5, 0.6) is 0 Å².